The van der Waals surface area contributed by atoms with Crippen LogP contribution < -0.4 is 21.3 Å². The molecule has 0 bridgehead atoms. The number of carbonyl (C=O) groups is 5. The molecule has 13 heteroatoms. The first-order valence-corrected chi connectivity index (χ1v) is 19.9. The van der Waals surface area contributed by atoms with Crippen molar-refractivity contribution in [2.24, 2.45) is 5.92 Å². The van der Waals surface area contributed by atoms with Crippen molar-refractivity contribution < 1.29 is 33.1 Å². The molecular weight excluding hydrogens is 630 g/mol. The van der Waals surface area contributed by atoms with Crippen LogP contribution in [0.15, 0.2) is 30.3 Å². The molecule has 270 valence electrons. The van der Waals surface area contributed by atoms with Crippen molar-refractivity contribution in [3.05, 3.63) is 35.9 Å². The highest BCUT2D eigenvalue weighted by Crippen LogP contribution is 2.36. The van der Waals surface area contributed by atoms with Gasteiger partial charge in [0, 0.05) is 18.2 Å². The molecule has 2 rings (SSSR count). The lowest BCUT2D eigenvalue weighted by molar-refractivity contribution is -0.139. The van der Waals surface area contributed by atoms with E-state index < -0.39 is 56.0 Å². The van der Waals surface area contributed by atoms with E-state index in [4.69, 9.17) is 9.16 Å². The summed E-state index contributed by atoms with van der Waals surface area (Å²) in [7, 11) is -2.19. The summed E-state index contributed by atoms with van der Waals surface area (Å²) in [6.45, 7) is 21.9. The van der Waals surface area contributed by atoms with Gasteiger partial charge in [-0.2, -0.15) is 0 Å². The Balaban J connectivity index is 2.13. The van der Waals surface area contributed by atoms with Crippen molar-refractivity contribution in [3.8, 4) is 0 Å². The third-order valence-electron chi connectivity index (χ3n) is 8.76. The maximum Gasteiger partial charge on any atom is 0.408 e. The molecule has 5 amide bonds. The lowest BCUT2D eigenvalue weighted by Gasteiger charge is -2.38. The minimum absolute atomic E-state index is 0.0639. The van der Waals surface area contributed by atoms with Gasteiger partial charge in [-0.05, 0) is 83.1 Å². The quantitative estimate of drug-likeness (QED) is 0.212. The summed E-state index contributed by atoms with van der Waals surface area (Å²) >= 11 is 0. The number of benzene rings is 1. The van der Waals surface area contributed by atoms with Crippen LogP contribution in [0.3, 0.4) is 0 Å². The topological polar surface area (TPSA) is 155 Å². The first kappa shape index (κ1) is 40.7. The maximum atomic E-state index is 13.7. The summed E-state index contributed by atoms with van der Waals surface area (Å²) in [6, 6.07) is 5.78. The smallest absolute Gasteiger partial charge is 0.408 e. The monoisotopic (exact) mass is 689 g/mol. The van der Waals surface area contributed by atoms with Crippen molar-refractivity contribution in [2.75, 3.05) is 19.7 Å². The number of rotatable bonds is 14. The van der Waals surface area contributed by atoms with Gasteiger partial charge >= 0.3 is 6.09 Å². The fourth-order valence-electron chi connectivity index (χ4n) is 4.97. The second kappa shape index (κ2) is 17.3. The van der Waals surface area contributed by atoms with Crippen LogP contribution in [0.4, 0.5) is 4.79 Å². The van der Waals surface area contributed by atoms with E-state index >= 15 is 0 Å². The Morgan fingerprint density at radius 2 is 1.56 bits per heavy atom. The second-order valence-corrected chi connectivity index (χ2v) is 20.4. The third-order valence-corrected chi connectivity index (χ3v) is 13.3. The molecule has 0 aromatic heterocycles. The molecule has 1 saturated heterocycles. The van der Waals surface area contributed by atoms with Gasteiger partial charge in [0.25, 0.3) is 5.91 Å². The van der Waals surface area contributed by atoms with E-state index in [9.17, 15) is 24.0 Å². The molecule has 1 aliphatic heterocycles. The van der Waals surface area contributed by atoms with Gasteiger partial charge in [-0.25, -0.2) is 4.79 Å². The summed E-state index contributed by atoms with van der Waals surface area (Å²) in [4.78, 5) is 67.1. The van der Waals surface area contributed by atoms with Crippen molar-refractivity contribution >= 4 is 38.0 Å². The minimum Gasteiger partial charge on any atom is -0.444 e. The average molecular weight is 690 g/mol. The van der Waals surface area contributed by atoms with Gasteiger partial charge in [0.2, 0.25) is 17.7 Å². The Morgan fingerprint density at radius 3 is 2.12 bits per heavy atom. The molecule has 48 heavy (non-hydrogen) atoms. The summed E-state index contributed by atoms with van der Waals surface area (Å²) in [5, 5.41) is 11.3. The molecule has 0 saturated carbocycles. The number of amides is 5. The van der Waals surface area contributed by atoms with Crippen LogP contribution in [-0.4, -0.2) is 92.4 Å². The number of carbonyl (C=O) groups excluding carboxylic acids is 5. The Hall–Kier alpha value is -3.45. The molecule has 4 atom stereocenters. The van der Waals surface area contributed by atoms with Gasteiger partial charge in [0.1, 0.15) is 17.7 Å². The largest absolute Gasteiger partial charge is 0.444 e. The predicted molar refractivity (Wildman–Crippen MR) is 189 cm³/mol. The van der Waals surface area contributed by atoms with Gasteiger partial charge in [0.05, 0.1) is 19.2 Å². The Kier molecular flexibility index (Phi) is 14.7. The standard InChI is InChI=1S/C35H59N5O7Si/c1-23(2)20-26(38-32(44)28-18-15-19-40(28)29(41)21-36-30(42)25-16-13-12-14-17-25)31(43)37-24(3)27(39-33(45)47-34(4,5)6)22-46-48(10,11)35(7,8)9/h12-14,16-17,23-24,26-28H,15,18-22H2,1-11H3,(H,36,42)(H,37,43)(H,38,44)(H,39,45)/t24-,26-,27+,28-/m0/s1. The molecule has 1 fully saturated rings. The lowest BCUT2D eigenvalue weighted by atomic mass is 10.0. The van der Waals surface area contributed by atoms with Gasteiger partial charge in [0.15, 0.2) is 8.32 Å². The maximum absolute atomic E-state index is 13.7. The van der Waals surface area contributed by atoms with E-state index in [0.717, 1.165) is 0 Å². The molecular formula is C35H59N5O7Si. The van der Waals surface area contributed by atoms with Crippen molar-refractivity contribution in [1.82, 2.24) is 26.2 Å². The van der Waals surface area contributed by atoms with Gasteiger partial charge in [-0.1, -0.05) is 52.8 Å². The zero-order valence-electron chi connectivity index (χ0n) is 30.8. The zero-order valence-corrected chi connectivity index (χ0v) is 31.8. The molecule has 1 aliphatic rings. The normalized spacial score (nSPS) is 17.2. The van der Waals surface area contributed by atoms with E-state index in [-0.39, 0.29) is 35.9 Å². The molecule has 12 nitrogen and oxygen atoms in total. The first-order chi connectivity index (χ1) is 22.1. The van der Waals surface area contributed by atoms with Gasteiger partial charge < -0.3 is 35.3 Å². The number of likely N-dealkylation sites (tertiary alicyclic amines) is 1. The summed E-state index contributed by atoms with van der Waals surface area (Å²) in [5.74, 6) is -1.50. The van der Waals surface area contributed by atoms with Gasteiger partial charge in [-0.3, -0.25) is 19.2 Å². The highest BCUT2D eigenvalue weighted by Gasteiger charge is 2.39. The van der Waals surface area contributed by atoms with E-state index in [1.165, 1.54) is 4.90 Å². The molecule has 0 aliphatic carbocycles. The van der Waals surface area contributed by atoms with E-state index in [1.54, 1.807) is 58.0 Å². The van der Waals surface area contributed by atoms with Crippen LogP contribution in [-0.2, 0) is 23.5 Å². The zero-order chi connectivity index (χ0) is 36.4. The van der Waals surface area contributed by atoms with Crippen LogP contribution in [0.5, 0.6) is 0 Å². The van der Waals surface area contributed by atoms with Crippen LogP contribution in [0.2, 0.25) is 18.1 Å². The molecule has 0 unspecified atom stereocenters. The molecule has 1 aromatic carbocycles. The number of nitrogens with one attached hydrogen (secondary N) is 4. The number of alkyl carbamates (subject to hydrolysis) is 1. The Bertz CT molecular complexity index is 1260. The molecule has 0 radical (unpaired) electrons. The second-order valence-electron chi connectivity index (χ2n) is 15.6. The fourth-order valence-corrected chi connectivity index (χ4v) is 6.00. The fraction of sp³-hybridized carbons (Fsp3) is 0.686. The highest BCUT2D eigenvalue weighted by molar-refractivity contribution is 6.74. The molecule has 0 spiro atoms. The number of hydrogen-bond acceptors (Lipinski definition) is 7. The summed E-state index contributed by atoms with van der Waals surface area (Å²) in [5.41, 5.74) is -0.273. The average Bonchev–Trinajstić information content (AvgIpc) is 3.46. The number of ether oxygens (including phenoxy) is 1. The number of nitrogens with zero attached hydrogens (tertiary/aromatic N) is 1. The molecule has 1 aromatic rings. The highest BCUT2D eigenvalue weighted by atomic mass is 28.4. The minimum atomic E-state index is -2.19. The Labute approximate surface area is 288 Å². The summed E-state index contributed by atoms with van der Waals surface area (Å²) < 4.78 is 11.9. The third kappa shape index (κ3) is 12.9. The van der Waals surface area contributed by atoms with E-state index in [1.807, 2.05) is 13.8 Å². The van der Waals surface area contributed by atoms with Crippen molar-refractivity contribution in [2.45, 2.75) is 129 Å². The SMILES string of the molecule is CC(C)C[C@H](NC(=O)[C@@H]1CCCN1C(=O)CNC(=O)c1ccccc1)C(=O)N[C@@H](C)[C@@H](CO[Si](C)(C)C(C)(C)C)NC(=O)OC(C)(C)C. The van der Waals surface area contributed by atoms with E-state index in [2.05, 4.69) is 55.1 Å². The molecule has 4 N–H and O–H groups in total. The van der Waals surface area contributed by atoms with Crippen LogP contribution in [0.1, 0.15) is 91.9 Å². The van der Waals surface area contributed by atoms with Crippen LogP contribution in [0.25, 0.3) is 0 Å². The summed E-state index contributed by atoms with van der Waals surface area (Å²) in [6.07, 6.45) is 0.817. The number of hydrogen-bond donors (Lipinski definition) is 4. The first-order valence-electron chi connectivity index (χ1n) is 17.0. The van der Waals surface area contributed by atoms with Crippen molar-refractivity contribution in [3.63, 3.8) is 0 Å². The Morgan fingerprint density at radius 1 is 0.938 bits per heavy atom. The van der Waals surface area contributed by atoms with Crippen LogP contribution in [0, 0.1) is 5.92 Å². The van der Waals surface area contributed by atoms with Gasteiger partial charge in [-0.15, -0.1) is 0 Å². The van der Waals surface area contributed by atoms with Crippen LogP contribution >= 0.6 is 0 Å². The lowest BCUT2D eigenvalue weighted by Crippen LogP contribution is -2.59. The predicted octanol–water partition coefficient (Wildman–Crippen LogP) is 4.36. The van der Waals surface area contributed by atoms with Crippen molar-refractivity contribution in [1.29, 1.82) is 0 Å². The van der Waals surface area contributed by atoms with E-state index in [0.29, 0.717) is 31.4 Å². The molecule has 1 heterocycles.